The van der Waals surface area contributed by atoms with Crippen molar-refractivity contribution in [1.82, 2.24) is 19.9 Å². The fourth-order valence-electron chi connectivity index (χ4n) is 5.82. The van der Waals surface area contributed by atoms with Gasteiger partial charge in [0, 0.05) is 23.8 Å². The molecule has 5 aromatic rings. The van der Waals surface area contributed by atoms with Crippen molar-refractivity contribution in [1.29, 1.82) is 0 Å². The summed E-state index contributed by atoms with van der Waals surface area (Å²) in [5.74, 6) is 1.25. The zero-order valence-electron chi connectivity index (χ0n) is 23.1. The number of hydrogen-bond donors (Lipinski definition) is 4. The Bertz CT molecular complexity index is 1660. The van der Waals surface area contributed by atoms with Crippen molar-refractivity contribution in [3.05, 3.63) is 97.0 Å². The van der Waals surface area contributed by atoms with Crippen LogP contribution in [0.1, 0.15) is 37.3 Å². The maximum absolute atomic E-state index is 12.0. The van der Waals surface area contributed by atoms with Crippen LogP contribution in [0.4, 0.5) is 5.82 Å². The molecule has 6 rings (SSSR count). The molecule has 9 heteroatoms. The van der Waals surface area contributed by atoms with Crippen LogP contribution < -0.4 is 15.8 Å². The zero-order chi connectivity index (χ0) is 29.1. The number of nitrogens with two attached hydrogens (primary N) is 1. The first-order valence-electron chi connectivity index (χ1n) is 14.2. The Labute approximate surface area is 243 Å². The van der Waals surface area contributed by atoms with Gasteiger partial charge in [-0.3, -0.25) is 4.79 Å². The lowest BCUT2D eigenvalue weighted by Crippen LogP contribution is -2.46. The summed E-state index contributed by atoms with van der Waals surface area (Å²) < 4.78 is 8.17. The van der Waals surface area contributed by atoms with Crippen LogP contribution in [0.15, 0.2) is 91.4 Å². The number of anilines is 1. The molecule has 0 bridgehead atoms. The summed E-state index contributed by atoms with van der Waals surface area (Å²) in [6, 6.07) is 23.9. The number of fused-ring (bicyclic) bond motifs is 1. The first-order valence-corrected chi connectivity index (χ1v) is 14.2. The van der Waals surface area contributed by atoms with Crippen molar-refractivity contribution < 1.29 is 19.7 Å². The fourth-order valence-corrected chi connectivity index (χ4v) is 5.82. The number of carboxylic acids is 1. The molecule has 3 aromatic carbocycles. The van der Waals surface area contributed by atoms with Gasteiger partial charge in [-0.1, -0.05) is 42.5 Å². The number of aliphatic carboxylic acids is 1. The lowest BCUT2D eigenvalue weighted by molar-refractivity contribution is -0.139. The molecule has 0 radical (unpaired) electrons. The van der Waals surface area contributed by atoms with Crippen molar-refractivity contribution in [2.75, 3.05) is 5.73 Å². The van der Waals surface area contributed by atoms with Crippen molar-refractivity contribution in [3.63, 3.8) is 0 Å². The van der Waals surface area contributed by atoms with E-state index in [1.807, 2.05) is 54.6 Å². The van der Waals surface area contributed by atoms with Crippen LogP contribution in [0.25, 0.3) is 22.2 Å². The molecule has 1 atom stereocenters. The molecule has 1 aliphatic rings. The predicted molar refractivity (Wildman–Crippen MR) is 162 cm³/mol. The Balaban J connectivity index is 1.17. The third-order valence-corrected chi connectivity index (χ3v) is 7.98. The van der Waals surface area contributed by atoms with E-state index < -0.39 is 12.0 Å². The molecule has 1 saturated carbocycles. The minimum atomic E-state index is -0.876. The molecule has 0 aliphatic heterocycles. The third kappa shape index (κ3) is 5.91. The molecule has 1 aliphatic carbocycles. The number of carbonyl (C=O) groups is 1. The molecule has 42 heavy (non-hydrogen) atoms. The number of phenolic OH excluding ortho intramolecular Hbond substituents is 1. The van der Waals surface area contributed by atoms with Crippen LogP contribution in [0.5, 0.6) is 17.2 Å². The van der Waals surface area contributed by atoms with Crippen LogP contribution in [0, 0.1) is 0 Å². The van der Waals surface area contributed by atoms with Gasteiger partial charge in [-0.25, -0.2) is 9.97 Å². The fraction of sp³-hybridized carbons (Fsp3) is 0.242. The van der Waals surface area contributed by atoms with Gasteiger partial charge < -0.3 is 30.6 Å². The van der Waals surface area contributed by atoms with Gasteiger partial charge in [0.25, 0.3) is 0 Å². The van der Waals surface area contributed by atoms with E-state index in [1.54, 1.807) is 24.3 Å². The molecule has 5 N–H and O–H groups in total. The molecular formula is C33H33N5O4. The van der Waals surface area contributed by atoms with E-state index in [1.165, 1.54) is 6.33 Å². The van der Waals surface area contributed by atoms with Gasteiger partial charge in [0.05, 0.1) is 5.39 Å². The minimum absolute atomic E-state index is 0.0950. The van der Waals surface area contributed by atoms with Gasteiger partial charge >= 0.3 is 5.97 Å². The number of nitrogens with zero attached hydrogens (tertiary/aromatic N) is 3. The van der Waals surface area contributed by atoms with E-state index in [-0.39, 0.29) is 17.8 Å². The Kier molecular flexibility index (Phi) is 7.74. The van der Waals surface area contributed by atoms with E-state index >= 15 is 0 Å². The number of ether oxygens (including phenoxy) is 1. The normalized spacial score (nSPS) is 17.6. The highest BCUT2D eigenvalue weighted by molar-refractivity contribution is 6.00. The van der Waals surface area contributed by atoms with Gasteiger partial charge in [-0.15, -0.1) is 0 Å². The van der Waals surface area contributed by atoms with Crippen LogP contribution in [-0.2, 0) is 11.2 Å². The summed E-state index contributed by atoms with van der Waals surface area (Å²) >= 11 is 0. The SMILES string of the molecule is Nc1ncnc2c1c(-c1ccc(Oc3ccccc3)cc1)cn2C1CCC(N[C@H](Cc2ccc(O)cc2)C(=O)O)CC1. The number of aromatic hydroxyl groups is 1. The second-order valence-electron chi connectivity index (χ2n) is 10.8. The predicted octanol–water partition coefficient (Wildman–Crippen LogP) is 5.95. The first kappa shape index (κ1) is 27.3. The molecule has 2 heterocycles. The van der Waals surface area contributed by atoms with E-state index in [0.717, 1.165) is 64.9 Å². The van der Waals surface area contributed by atoms with Gasteiger partial charge in [-0.2, -0.15) is 0 Å². The molecule has 0 amide bonds. The maximum atomic E-state index is 12.0. The third-order valence-electron chi connectivity index (χ3n) is 7.98. The average molecular weight is 564 g/mol. The minimum Gasteiger partial charge on any atom is -0.508 e. The molecule has 2 aromatic heterocycles. The molecule has 9 nitrogen and oxygen atoms in total. The second kappa shape index (κ2) is 11.9. The number of benzene rings is 3. The van der Waals surface area contributed by atoms with Gasteiger partial charge in [0.1, 0.15) is 41.1 Å². The van der Waals surface area contributed by atoms with Crippen LogP contribution in [0.3, 0.4) is 0 Å². The van der Waals surface area contributed by atoms with Gasteiger partial charge in [-0.05, 0) is 79.6 Å². The summed E-state index contributed by atoms with van der Waals surface area (Å²) in [5, 5.41) is 23.6. The summed E-state index contributed by atoms with van der Waals surface area (Å²) in [4.78, 5) is 20.9. The highest BCUT2D eigenvalue weighted by atomic mass is 16.5. The number of nitrogen functional groups attached to an aromatic ring is 1. The average Bonchev–Trinajstić information content (AvgIpc) is 3.40. The number of rotatable bonds is 9. The maximum Gasteiger partial charge on any atom is 0.321 e. The summed E-state index contributed by atoms with van der Waals surface area (Å²) in [5.41, 5.74) is 10.0. The number of phenols is 1. The standard InChI is InChI=1S/C33H33N5O4/c34-31-30-28(22-8-16-27(17-9-22)42-26-4-2-1-3-5-26)19-38(32(30)36-20-35-31)24-12-10-23(11-13-24)37-29(33(40)41)18-21-6-14-25(39)15-7-21/h1-9,14-17,19-20,23-24,29,37,39H,10-13,18H2,(H,40,41)(H2,34,35,36)/t23?,24?,29-/m1/s1. The number of nitrogens with one attached hydrogen (secondary N) is 1. The van der Waals surface area contributed by atoms with Crippen LogP contribution in [-0.4, -0.2) is 42.8 Å². The van der Waals surface area contributed by atoms with Crippen molar-refractivity contribution >= 4 is 22.8 Å². The summed E-state index contributed by atoms with van der Waals surface area (Å²) in [7, 11) is 0. The Hall–Kier alpha value is -4.89. The number of carboxylic acid groups (broad SMARTS) is 1. The Morgan fingerprint density at radius 1 is 0.952 bits per heavy atom. The van der Waals surface area contributed by atoms with Crippen LogP contribution >= 0.6 is 0 Å². The molecular weight excluding hydrogens is 530 g/mol. The molecule has 0 unspecified atom stereocenters. The van der Waals surface area contributed by atoms with E-state index in [2.05, 4.69) is 26.0 Å². The smallest absolute Gasteiger partial charge is 0.321 e. The molecule has 214 valence electrons. The van der Waals surface area contributed by atoms with Crippen molar-refractivity contribution in [2.24, 2.45) is 0 Å². The monoisotopic (exact) mass is 563 g/mol. The lowest BCUT2D eigenvalue weighted by atomic mass is 9.90. The molecule has 1 fully saturated rings. The van der Waals surface area contributed by atoms with E-state index in [4.69, 9.17) is 10.5 Å². The Morgan fingerprint density at radius 3 is 2.33 bits per heavy atom. The zero-order valence-corrected chi connectivity index (χ0v) is 23.1. The van der Waals surface area contributed by atoms with E-state index in [0.29, 0.717) is 12.2 Å². The van der Waals surface area contributed by atoms with E-state index in [9.17, 15) is 15.0 Å². The highest BCUT2D eigenvalue weighted by Crippen LogP contribution is 2.39. The molecule has 0 spiro atoms. The second-order valence-corrected chi connectivity index (χ2v) is 10.8. The number of hydrogen-bond acceptors (Lipinski definition) is 7. The lowest BCUT2D eigenvalue weighted by Gasteiger charge is -2.32. The topological polar surface area (TPSA) is 136 Å². The first-order chi connectivity index (χ1) is 20.4. The highest BCUT2D eigenvalue weighted by Gasteiger charge is 2.29. The Morgan fingerprint density at radius 2 is 1.64 bits per heavy atom. The van der Waals surface area contributed by atoms with Crippen molar-refractivity contribution in [3.8, 4) is 28.4 Å². The van der Waals surface area contributed by atoms with Crippen molar-refractivity contribution in [2.45, 2.75) is 50.2 Å². The summed E-state index contributed by atoms with van der Waals surface area (Å²) in [6.45, 7) is 0. The van der Waals surface area contributed by atoms with Crippen LogP contribution in [0.2, 0.25) is 0 Å². The number of para-hydroxylation sites is 1. The van der Waals surface area contributed by atoms with Gasteiger partial charge in [0.2, 0.25) is 0 Å². The largest absolute Gasteiger partial charge is 0.508 e. The van der Waals surface area contributed by atoms with Gasteiger partial charge in [0.15, 0.2) is 0 Å². The quantitative estimate of drug-likeness (QED) is 0.173. The molecule has 0 saturated heterocycles. The summed E-state index contributed by atoms with van der Waals surface area (Å²) in [6.07, 6.45) is 7.40. The number of aromatic nitrogens is 3.